The van der Waals surface area contributed by atoms with Gasteiger partial charge in [-0.25, -0.2) is 17.5 Å². The van der Waals surface area contributed by atoms with Gasteiger partial charge in [0.25, 0.3) is 5.91 Å². The number of benzene rings is 2. The summed E-state index contributed by atoms with van der Waals surface area (Å²) in [7, 11) is -3.84. The molecule has 0 aromatic heterocycles. The molecule has 2 aromatic rings. The fraction of sp³-hybridized carbons (Fsp3) is 0.381. The number of carbonyl (C=O) groups is 1. The lowest BCUT2D eigenvalue weighted by Crippen LogP contribution is -2.34. The highest BCUT2D eigenvalue weighted by atomic mass is 32.2. The number of aryl methyl sites for hydroxylation is 1. The molecule has 0 saturated carbocycles. The number of alkyl halides is 3. The molecule has 32 heavy (non-hydrogen) atoms. The van der Waals surface area contributed by atoms with Crippen molar-refractivity contribution in [2.24, 2.45) is 0 Å². The lowest BCUT2D eigenvalue weighted by Gasteiger charge is -2.27. The predicted molar refractivity (Wildman–Crippen MR) is 111 cm³/mol. The minimum Gasteiger partial charge on any atom is -0.491 e. The normalized spacial score (nSPS) is 16.8. The summed E-state index contributed by atoms with van der Waals surface area (Å²) in [6, 6.07) is 7.00. The van der Waals surface area contributed by atoms with Crippen molar-refractivity contribution in [3.8, 4) is 5.75 Å². The van der Waals surface area contributed by atoms with Crippen molar-refractivity contribution in [3.63, 3.8) is 0 Å². The van der Waals surface area contributed by atoms with E-state index in [0.29, 0.717) is 17.8 Å². The van der Waals surface area contributed by atoms with Gasteiger partial charge in [-0.3, -0.25) is 4.79 Å². The molecule has 1 aliphatic rings. The number of ether oxygens (including phenoxy) is 1. The first-order valence-electron chi connectivity index (χ1n) is 9.74. The number of carbonyl (C=O) groups excluding carboxylic acids is 1. The van der Waals surface area contributed by atoms with Crippen molar-refractivity contribution >= 4 is 21.6 Å². The third kappa shape index (κ3) is 5.70. The van der Waals surface area contributed by atoms with E-state index in [1.165, 1.54) is 18.2 Å². The van der Waals surface area contributed by atoms with Crippen molar-refractivity contribution in [2.75, 3.05) is 24.3 Å². The Hall–Kier alpha value is -2.82. The lowest BCUT2D eigenvalue weighted by molar-refractivity contribution is -0.137. The van der Waals surface area contributed by atoms with Gasteiger partial charge in [-0.05, 0) is 55.7 Å². The Balaban J connectivity index is 1.70. The van der Waals surface area contributed by atoms with Gasteiger partial charge in [-0.2, -0.15) is 13.2 Å². The van der Waals surface area contributed by atoms with Gasteiger partial charge in [0.2, 0.25) is 10.0 Å². The van der Waals surface area contributed by atoms with Gasteiger partial charge in [0.05, 0.1) is 23.4 Å². The smallest absolute Gasteiger partial charge is 0.416 e. The SMILES string of the molecule is Cc1cc(C(=O)NS(C)(=O)=O)c(F)cc1OCC1CCCN1c1ccc(C(F)(F)F)cc1. The van der Waals surface area contributed by atoms with Crippen LogP contribution >= 0.6 is 0 Å². The Kier molecular flexibility index (Phi) is 6.68. The summed E-state index contributed by atoms with van der Waals surface area (Å²) >= 11 is 0. The van der Waals surface area contributed by atoms with Crippen LogP contribution in [-0.4, -0.2) is 39.8 Å². The second-order valence-corrected chi connectivity index (χ2v) is 9.39. The second kappa shape index (κ2) is 8.97. The number of hydrogen-bond donors (Lipinski definition) is 1. The van der Waals surface area contributed by atoms with Gasteiger partial charge in [0, 0.05) is 18.3 Å². The van der Waals surface area contributed by atoms with Crippen molar-refractivity contribution in [2.45, 2.75) is 32.0 Å². The number of anilines is 1. The van der Waals surface area contributed by atoms with E-state index in [1.54, 1.807) is 11.6 Å². The van der Waals surface area contributed by atoms with Gasteiger partial charge in [-0.1, -0.05) is 0 Å². The van der Waals surface area contributed by atoms with E-state index in [2.05, 4.69) is 0 Å². The summed E-state index contributed by atoms with van der Waals surface area (Å²) in [6.07, 6.45) is -2.04. The van der Waals surface area contributed by atoms with Crippen LogP contribution in [0.4, 0.5) is 23.2 Å². The molecule has 6 nitrogen and oxygen atoms in total. The van der Waals surface area contributed by atoms with E-state index >= 15 is 0 Å². The fourth-order valence-electron chi connectivity index (χ4n) is 3.59. The van der Waals surface area contributed by atoms with Crippen LogP contribution in [0.25, 0.3) is 0 Å². The van der Waals surface area contributed by atoms with Gasteiger partial charge in [-0.15, -0.1) is 0 Å². The number of rotatable bonds is 6. The molecule has 1 N–H and O–H groups in total. The molecule has 1 saturated heterocycles. The number of hydrogen-bond acceptors (Lipinski definition) is 5. The Bertz CT molecular complexity index is 1100. The first-order chi connectivity index (χ1) is 14.8. The molecule has 0 spiro atoms. The minimum atomic E-state index is -4.40. The largest absolute Gasteiger partial charge is 0.491 e. The highest BCUT2D eigenvalue weighted by molar-refractivity contribution is 7.89. The zero-order chi connectivity index (χ0) is 23.7. The summed E-state index contributed by atoms with van der Waals surface area (Å²) in [6.45, 7) is 2.40. The van der Waals surface area contributed by atoms with Gasteiger partial charge >= 0.3 is 6.18 Å². The third-order valence-corrected chi connectivity index (χ3v) is 5.68. The molecule has 0 radical (unpaired) electrons. The average Bonchev–Trinajstić information content (AvgIpc) is 3.15. The summed E-state index contributed by atoms with van der Waals surface area (Å²) in [5.41, 5.74) is -0.0733. The van der Waals surface area contributed by atoms with E-state index in [9.17, 15) is 30.8 Å². The van der Waals surface area contributed by atoms with Crippen LogP contribution in [-0.2, 0) is 16.2 Å². The van der Waals surface area contributed by atoms with Crippen LogP contribution in [0.3, 0.4) is 0 Å². The fourth-order valence-corrected chi connectivity index (χ4v) is 4.04. The van der Waals surface area contributed by atoms with Crippen LogP contribution in [0, 0.1) is 12.7 Å². The molecule has 1 unspecified atom stereocenters. The van der Waals surface area contributed by atoms with Crippen LogP contribution < -0.4 is 14.4 Å². The predicted octanol–water partition coefficient (Wildman–Crippen LogP) is 3.89. The Morgan fingerprint density at radius 2 is 1.88 bits per heavy atom. The molecule has 1 heterocycles. The quantitative estimate of drug-likeness (QED) is 0.643. The second-order valence-electron chi connectivity index (χ2n) is 7.65. The molecule has 3 rings (SSSR count). The molecular weight excluding hydrogens is 452 g/mol. The van der Waals surface area contributed by atoms with E-state index in [4.69, 9.17) is 4.74 Å². The molecule has 1 atom stereocenters. The topological polar surface area (TPSA) is 75.7 Å². The molecule has 1 aliphatic heterocycles. The summed E-state index contributed by atoms with van der Waals surface area (Å²) < 4.78 is 82.6. The summed E-state index contributed by atoms with van der Waals surface area (Å²) in [4.78, 5) is 13.9. The minimum absolute atomic E-state index is 0.123. The van der Waals surface area contributed by atoms with Crippen molar-refractivity contribution in [1.29, 1.82) is 0 Å². The number of halogens is 4. The maximum Gasteiger partial charge on any atom is 0.416 e. The molecule has 11 heteroatoms. The number of nitrogens with one attached hydrogen (secondary N) is 1. The summed E-state index contributed by atoms with van der Waals surface area (Å²) in [5, 5.41) is 0. The van der Waals surface area contributed by atoms with E-state index < -0.39 is 39.1 Å². The van der Waals surface area contributed by atoms with E-state index in [-0.39, 0.29) is 18.4 Å². The van der Waals surface area contributed by atoms with E-state index in [1.807, 2.05) is 4.90 Å². The Morgan fingerprint density at radius 3 is 2.47 bits per heavy atom. The van der Waals surface area contributed by atoms with Crippen LogP contribution in [0.1, 0.15) is 34.3 Å². The zero-order valence-corrected chi connectivity index (χ0v) is 18.2. The van der Waals surface area contributed by atoms with Crippen molar-refractivity contribution < 1.29 is 35.5 Å². The molecule has 1 fully saturated rings. The molecule has 174 valence electrons. The number of sulfonamides is 1. The van der Waals surface area contributed by atoms with Gasteiger partial charge in [0.15, 0.2) is 0 Å². The Morgan fingerprint density at radius 1 is 1.22 bits per heavy atom. The third-order valence-electron chi connectivity index (χ3n) is 5.12. The number of amides is 1. The number of nitrogens with zero attached hydrogens (tertiary/aromatic N) is 1. The van der Waals surface area contributed by atoms with Crippen molar-refractivity contribution in [1.82, 2.24) is 4.72 Å². The maximum atomic E-state index is 14.4. The highest BCUT2D eigenvalue weighted by Crippen LogP contribution is 2.33. The summed E-state index contributed by atoms with van der Waals surface area (Å²) in [5.74, 6) is -1.82. The van der Waals surface area contributed by atoms with Gasteiger partial charge in [0.1, 0.15) is 18.2 Å². The lowest BCUT2D eigenvalue weighted by atomic mass is 10.1. The standard InChI is InChI=1S/C21H22F4N2O4S/c1-13-10-17(20(28)26-32(2,29)30)18(22)11-19(13)31-12-16-4-3-9-27(16)15-7-5-14(6-8-15)21(23,24)25/h5-8,10-11,16H,3-4,9,12H2,1-2H3,(H,26,28). The van der Waals surface area contributed by atoms with Crippen LogP contribution in [0.2, 0.25) is 0 Å². The van der Waals surface area contributed by atoms with E-state index in [0.717, 1.165) is 37.3 Å². The molecule has 0 aliphatic carbocycles. The monoisotopic (exact) mass is 474 g/mol. The zero-order valence-electron chi connectivity index (χ0n) is 17.4. The molecule has 1 amide bonds. The van der Waals surface area contributed by atoms with Gasteiger partial charge < -0.3 is 9.64 Å². The Labute approximate surface area is 183 Å². The van der Waals surface area contributed by atoms with Crippen molar-refractivity contribution in [3.05, 3.63) is 58.9 Å². The average molecular weight is 474 g/mol. The highest BCUT2D eigenvalue weighted by Gasteiger charge is 2.31. The first-order valence-corrected chi connectivity index (χ1v) is 11.6. The molecular formula is C21H22F4N2O4S. The molecule has 2 aromatic carbocycles. The molecule has 0 bridgehead atoms. The maximum absolute atomic E-state index is 14.4. The van der Waals surface area contributed by atoms with Crippen LogP contribution in [0.15, 0.2) is 36.4 Å². The van der Waals surface area contributed by atoms with Crippen LogP contribution in [0.5, 0.6) is 5.75 Å². The first kappa shape index (κ1) is 23.8.